The van der Waals surface area contributed by atoms with Crippen molar-refractivity contribution in [3.63, 3.8) is 0 Å². The van der Waals surface area contributed by atoms with Gasteiger partial charge >= 0.3 is 0 Å². The van der Waals surface area contributed by atoms with Crippen molar-refractivity contribution in [3.05, 3.63) is 51.6 Å². The molecule has 1 fully saturated rings. The van der Waals surface area contributed by atoms with Crippen molar-refractivity contribution >= 4 is 45.8 Å². The van der Waals surface area contributed by atoms with E-state index < -0.39 is 0 Å². The normalized spacial score (nSPS) is 15.2. The van der Waals surface area contributed by atoms with Gasteiger partial charge in [0.1, 0.15) is 5.75 Å². The van der Waals surface area contributed by atoms with Crippen LogP contribution in [0.1, 0.15) is 18.4 Å². The van der Waals surface area contributed by atoms with Crippen LogP contribution in [-0.4, -0.2) is 41.5 Å². The molecule has 1 aliphatic rings. The van der Waals surface area contributed by atoms with E-state index in [0.717, 1.165) is 14.8 Å². The van der Waals surface area contributed by atoms with Crippen LogP contribution in [0.2, 0.25) is 0 Å². The first-order chi connectivity index (χ1) is 13.4. The summed E-state index contributed by atoms with van der Waals surface area (Å²) in [7, 11) is 0. The van der Waals surface area contributed by atoms with E-state index in [1.165, 1.54) is 0 Å². The largest absolute Gasteiger partial charge is 0.506 e. The molecule has 0 radical (unpaired) electrons. The van der Waals surface area contributed by atoms with Crippen LogP contribution in [0.4, 0.5) is 11.4 Å². The zero-order valence-electron chi connectivity index (χ0n) is 15.7. The number of nitrogens with one attached hydrogen (secondary N) is 2. The van der Waals surface area contributed by atoms with E-state index in [9.17, 15) is 14.7 Å². The predicted molar refractivity (Wildman–Crippen MR) is 118 cm³/mol. The first kappa shape index (κ1) is 20.6. The fourth-order valence-electron chi connectivity index (χ4n) is 3.33. The molecular weight excluding hydrogens is 469 g/mol. The monoisotopic (exact) mass is 493 g/mol. The molecule has 28 heavy (non-hydrogen) atoms. The van der Waals surface area contributed by atoms with Crippen molar-refractivity contribution < 1.29 is 14.7 Å². The Balaban J connectivity index is 1.46. The fraction of sp³-hybridized carbons (Fsp3) is 0.333. The molecule has 1 aliphatic heterocycles. The number of carbonyl (C=O) groups excluding carboxylic acids is 2. The predicted octanol–water partition coefficient (Wildman–Crippen LogP) is 3.59. The lowest BCUT2D eigenvalue weighted by Crippen LogP contribution is -2.41. The summed E-state index contributed by atoms with van der Waals surface area (Å²) in [4.78, 5) is 26.9. The van der Waals surface area contributed by atoms with Crippen molar-refractivity contribution in [2.45, 2.75) is 19.8 Å². The number of anilines is 2. The van der Waals surface area contributed by atoms with E-state index >= 15 is 0 Å². The summed E-state index contributed by atoms with van der Waals surface area (Å²) in [5.74, 6) is -0.172. The lowest BCUT2D eigenvalue weighted by Gasteiger charge is -2.30. The summed E-state index contributed by atoms with van der Waals surface area (Å²) in [5.41, 5.74) is 2.31. The molecule has 0 atom stereocenters. The molecule has 1 saturated heterocycles. The number of aryl methyl sites for hydroxylation is 1. The molecule has 0 saturated carbocycles. The topological polar surface area (TPSA) is 81.7 Å². The van der Waals surface area contributed by atoms with E-state index in [4.69, 9.17) is 0 Å². The van der Waals surface area contributed by atoms with Crippen molar-refractivity contribution in [2.24, 2.45) is 5.92 Å². The molecule has 1 heterocycles. The molecular formula is C21H24IN3O3. The molecule has 0 aromatic heterocycles. The maximum Gasteiger partial charge on any atom is 0.238 e. The number of aromatic hydroxyl groups is 1. The van der Waals surface area contributed by atoms with Gasteiger partial charge in [-0.1, -0.05) is 12.1 Å². The molecule has 0 unspecified atom stereocenters. The van der Waals surface area contributed by atoms with E-state index in [-0.39, 0.29) is 23.5 Å². The maximum absolute atomic E-state index is 12.4. The molecule has 148 valence electrons. The Kier molecular flexibility index (Phi) is 6.90. The Morgan fingerprint density at radius 3 is 2.50 bits per heavy atom. The number of halogens is 1. The molecule has 0 aliphatic carbocycles. The number of likely N-dealkylation sites (tertiary alicyclic amines) is 1. The standard InChI is InChI=1S/C21H24IN3O3/c1-14-12-16(22)6-7-17(14)23-20(27)13-25-10-8-15(9-11-25)21(28)24-18-4-2-3-5-19(18)26/h2-7,12,15,26H,8-11,13H2,1H3,(H,23,27)(H,24,28). The second-order valence-electron chi connectivity index (χ2n) is 7.06. The van der Waals surface area contributed by atoms with E-state index in [1.807, 2.05) is 25.1 Å². The summed E-state index contributed by atoms with van der Waals surface area (Å²) >= 11 is 2.25. The minimum absolute atomic E-state index is 0.0404. The Bertz CT molecular complexity index is 864. The fourth-order valence-corrected chi connectivity index (χ4v) is 3.97. The number of nitrogens with zero attached hydrogens (tertiary/aromatic N) is 1. The van der Waals surface area contributed by atoms with Gasteiger partial charge in [-0.25, -0.2) is 0 Å². The maximum atomic E-state index is 12.4. The highest BCUT2D eigenvalue weighted by atomic mass is 127. The summed E-state index contributed by atoms with van der Waals surface area (Å²) in [5, 5.41) is 15.5. The quantitative estimate of drug-likeness (QED) is 0.440. The molecule has 0 bridgehead atoms. The number of carbonyl (C=O) groups is 2. The molecule has 3 N–H and O–H groups in total. The van der Waals surface area contributed by atoms with Crippen LogP contribution in [0.15, 0.2) is 42.5 Å². The van der Waals surface area contributed by atoms with Gasteiger partial charge in [0.15, 0.2) is 0 Å². The Hall–Kier alpha value is -2.13. The smallest absolute Gasteiger partial charge is 0.238 e. The number of piperidine rings is 1. The first-order valence-corrected chi connectivity index (χ1v) is 10.4. The van der Waals surface area contributed by atoms with E-state index in [0.29, 0.717) is 38.2 Å². The van der Waals surface area contributed by atoms with Gasteiger partial charge in [0.2, 0.25) is 11.8 Å². The van der Waals surface area contributed by atoms with Crippen LogP contribution in [0.3, 0.4) is 0 Å². The van der Waals surface area contributed by atoms with Crippen LogP contribution < -0.4 is 10.6 Å². The van der Waals surface area contributed by atoms with Crippen molar-refractivity contribution in [3.8, 4) is 5.75 Å². The second kappa shape index (κ2) is 9.38. The van der Waals surface area contributed by atoms with Gasteiger partial charge in [0, 0.05) is 15.2 Å². The third-order valence-electron chi connectivity index (χ3n) is 4.95. The van der Waals surface area contributed by atoms with Gasteiger partial charge in [0.05, 0.1) is 12.2 Å². The van der Waals surface area contributed by atoms with Crippen LogP contribution in [0.5, 0.6) is 5.75 Å². The lowest BCUT2D eigenvalue weighted by atomic mass is 9.95. The lowest BCUT2D eigenvalue weighted by molar-refractivity contribution is -0.121. The summed E-state index contributed by atoms with van der Waals surface area (Å²) in [6.45, 7) is 3.68. The number of phenols is 1. The van der Waals surface area contributed by atoms with Crippen molar-refractivity contribution in [1.82, 2.24) is 4.90 Å². The summed E-state index contributed by atoms with van der Waals surface area (Å²) in [6.07, 6.45) is 1.38. The number of amides is 2. The van der Waals surface area contributed by atoms with Crippen LogP contribution in [0.25, 0.3) is 0 Å². The minimum atomic E-state index is -0.114. The number of hydrogen-bond acceptors (Lipinski definition) is 4. The third kappa shape index (κ3) is 5.45. The van der Waals surface area contributed by atoms with Crippen LogP contribution in [0, 0.1) is 16.4 Å². The van der Waals surface area contributed by atoms with Crippen molar-refractivity contribution in [2.75, 3.05) is 30.3 Å². The Labute approximate surface area is 178 Å². The highest BCUT2D eigenvalue weighted by molar-refractivity contribution is 14.1. The van der Waals surface area contributed by atoms with Gasteiger partial charge < -0.3 is 15.7 Å². The SMILES string of the molecule is Cc1cc(I)ccc1NC(=O)CN1CCC(C(=O)Nc2ccccc2O)CC1. The molecule has 6 nitrogen and oxygen atoms in total. The molecule has 7 heteroatoms. The minimum Gasteiger partial charge on any atom is -0.506 e. The van der Waals surface area contributed by atoms with E-state index in [1.54, 1.807) is 24.3 Å². The third-order valence-corrected chi connectivity index (χ3v) is 5.62. The number of para-hydroxylation sites is 2. The Morgan fingerprint density at radius 2 is 1.82 bits per heavy atom. The first-order valence-electron chi connectivity index (χ1n) is 9.29. The molecule has 2 amide bonds. The zero-order valence-corrected chi connectivity index (χ0v) is 17.9. The number of benzene rings is 2. The number of rotatable bonds is 5. The van der Waals surface area contributed by atoms with Gasteiger partial charge in [-0.15, -0.1) is 0 Å². The molecule has 2 aromatic carbocycles. The van der Waals surface area contributed by atoms with Crippen LogP contribution in [-0.2, 0) is 9.59 Å². The molecule has 2 aromatic rings. The summed E-state index contributed by atoms with van der Waals surface area (Å²) in [6, 6.07) is 12.6. The number of phenolic OH excluding ortho intramolecular Hbond substituents is 1. The highest BCUT2D eigenvalue weighted by Crippen LogP contribution is 2.25. The van der Waals surface area contributed by atoms with Crippen LogP contribution >= 0.6 is 22.6 Å². The molecule has 0 spiro atoms. The van der Waals surface area contributed by atoms with Gasteiger partial charge in [-0.2, -0.15) is 0 Å². The van der Waals surface area contributed by atoms with Crippen molar-refractivity contribution in [1.29, 1.82) is 0 Å². The second-order valence-corrected chi connectivity index (χ2v) is 8.31. The summed E-state index contributed by atoms with van der Waals surface area (Å²) < 4.78 is 1.14. The van der Waals surface area contributed by atoms with Gasteiger partial charge in [-0.05, 0) is 91.3 Å². The van der Waals surface area contributed by atoms with Gasteiger partial charge in [0.25, 0.3) is 0 Å². The van der Waals surface area contributed by atoms with Gasteiger partial charge in [-0.3, -0.25) is 14.5 Å². The highest BCUT2D eigenvalue weighted by Gasteiger charge is 2.26. The Morgan fingerprint density at radius 1 is 1.11 bits per heavy atom. The average molecular weight is 493 g/mol. The van der Waals surface area contributed by atoms with E-state index in [2.05, 4.69) is 38.1 Å². The number of hydrogen-bond donors (Lipinski definition) is 3. The molecule has 3 rings (SSSR count). The zero-order chi connectivity index (χ0) is 20.1. The average Bonchev–Trinajstić information content (AvgIpc) is 2.66.